The van der Waals surface area contributed by atoms with Crippen molar-refractivity contribution < 1.29 is 14.3 Å². The first-order chi connectivity index (χ1) is 18.0. The van der Waals surface area contributed by atoms with Crippen LogP contribution in [-0.4, -0.2) is 37.5 Å². The van der Waals surface area contributed by atoms with Crippen LogP contribution in [0.1, 0.15) is 57.6 Å². The quantitative estimate of drug-likeness (QED) is 0.173. The van der Waals surface area contributed by atoms with E-state index in [1.807, 2.05) is 60.7 Å². The fourth-order valence-corrected chi connectivity index (χ4v) is 4.45. The van der Waals surface area contributed by atoms with E-state index in [0.717, 1.165) is 35.1 Å². The number of nitrogens with zero attached hydrogens (tertiary/aromatic N) is 2. The Labute approximate surface area is 220 Å². The zero-order chi connectivity index (χ0) is 26.6. The second kappa shape index (κ2) is 14.0. The average molecular weight is 498 g/mol. The zero-order valence-electron chi connectivity index (χ0n) is 22.2. The summed E-state index contributed by atoms with van der Waals surface area (Å²) in [4.78, 5) is 27.7. The van der Waals surface area contributed by atoms with Crippen LogP contribution in [0.2, 0.25) is 0 Å². The van der Waals surface area contributed by atoms with E-state index in [9.17, 15) is 9.59 Å². The van der Waals surface area contributed by atoms with Gasteiger partial charge >= 0.3 is 11.7 Å². The Morgan fingerprint density at radius 1 is 0.892 bits per heavy atom. The van der Waals surface area contributed by atoms with Crippen molar-refractivity contribution in [2.24, 2.45) is 5.92 Å². The van der Waals surface area contributed by atoms with Gasteiger partial charge in [0.2, 0.25) is 5.91 Å². The predicted molar refractivity (Wildman–Crippen MR) is 153 cm³/mol. The Balaban J connectivity index is 2.15. The highest BCUT2D eigenvalue weighted by molar-refractivity contribution is 6.17. The summed E-state index contributed by atoms with van der Waals surface area (Å²) < 4.78 is 9.59. The summed E-state index contributed by atoms with van der Waals surface area (Å²) in [6.45, 7) is 10.4. The van der Waals surface area contributed by atoms with Gasteiger partial charge in [0, 0.05) is 13.0 Å². The molecule has 0 aliphatic carbocycles. The number of ether oxygens (including phenoxy) is 1. The summed E-state index contributed by atoms with van der Waals surface area (Å²) in [5, 5.41) is 0. The number of anilines is 1. The molecule has 3 rings (SSSR count). The van der Waals surface area contributed by atoms with Gasteiger partial charge in [-0.15, -0.1) is 0 Å². The van der Waals surface area contributed by atoms with Crippen LogP contribution in [0.5, 0.6) is 0 Å². The van der Waals surface area contributed by atoms with E-state index >= 15 is 0 Å². The van der Waals surface area contributed by atoms with Gasteiger partial charge in [-0.25, -0.2) is 0 Å². The molecular weight excluding hydrogens is 460 g/mol. The molecule has 37 heavy (non-hydrogen) atoms. The smallest absolute Gasteiger partial charge is 0.342 e. The molecule has 0 aliphatic rings. The molecule has 3 aromatic carbocycles. The number of benzene rings is 3. The van der Waals surface area contributed by atoms with E-state index in [0.29, 0.717) is 24.4 Å². The van der Waals surface area contributed by atoms with Crippen molar-refractivity contribution in [3.63, 3.8) is 0 Å². The van der Waals surface area contributed by atoms with E-state index in [1.54, 1.807) is 11.8 Å². The minimum absolute atomic E-state index is 0.0109. The van der Waals surface area contributed by atoms with Gasteiger partial charge in [0.25, 0.3) is 6.72 Å². The summed E-state index contributed by atoms with van der Waals surface area (Å²) in [6, 6.07) is 26.0. The average Bonchev–Trinajstić information content (AvgIpc) is 2.94. The van der Waals surface area contributed by atoms with Crippen molar-refractivity contribution in [3.8, 4) is 11.1 Å². The molecule has 0 radical (unpaired) electrons. The van der Waals surface area contributed by atoms with Crippen LogP contribution in [0.25, 0.3) is 11.1 Å². The van der Waals surface area contributed by atoms with Crippen molar-refractivity contribution in [3.05, 3.63) is 90.0 Å². The fourth-order valence-electron chi connectivity index (χ4n) is 4.45. The molecular formula is C32H37N2O3+. The lowest BCUT2D eigenvalue weighted by Gasteiger charge is -2.26. The van der Waals surface area contributed by atoms with E-state index in [1.165, 1.54) is 0 Å². The summed E-state index contributed by atoms with van der Waals surface area (Å²) in [7, 11) is 0. The lowest BCUT2D eigenvalue weighted by molar-refractivity contribution is -0.142. The lowest BCUT2D eigenvalue weighted by atomic mass is 9.94. The van der Waals surface area contributed by atoms with Crippen LogP contribution in [0.15, 0.2) is 78.9 Å². The van der Waals surface area contributed by atoms with Crippen LogP contribution >= 0.6 is 0 Å². The number of rotatable bonds is 12. The molecule has 192 valence electrons. The molecule has 0 aliphatic heterocycles. The Morgan fingerprint density at radius 2 is 1.54 bits per heavy atom. The number of hydrogen-bond acceptors (Lipinski definition) is 3. The first-order valence-corrected chi connectivity index (χ1v) is 13.1. The van der Waals surface area contributed by atoms with Gasteiger partial charge < -0.3 is 9.64 Å². The van der Waals surface area contributed by atoms with Crippen LogP contribution < -0.4 is 9.57 Å². The molecule has 0 heterocycles. The summed E-state index contributed by atoms with van der Waals surface area (Å²) in [5.74, 6) is -0.0534. The van der Waals surface area contributed by atoms with Gasteiger partial charge in [0.15, 0.2) is 0 Å². The molecule has 0 saturated heterocycles. The van der Waals surface area contributed by atoms with Crippen molar-refractivity contribution >= 4 is 30.0 Å². The molecule has 0 bridgehead atoms. The molecule has 5 heteroatoms. The van der Waals surface area contributed by atoms with Crippen molar-refractivity contribution in [2.45, 2.75) is 46.5 Å². The highest BCUT2D eigenvalue weighted by atomic mass is 16.5. The minimum Gasteiger partial charge on any atom is -0.466 e. The second-order valence-electron chi connectivity index (χ2n) is 8.96. The molecule has 0 fully saturated rings. The predicted octanol–water partition coefficient (Wildman–Crippen LogP) is 6.07. The Bertz CT molecular complexity index is 1230. The topological polar surface area (TPSA) is 60.7 Å². The molecule has 3 aromatic rings. The van der Waals surface area contributed by atoms with Gasteiger partial charge in [0.05, 0.1) is 29.8 Å². The fraction of sp³-hybridized carbons (Fsp3) is 0.312. The first kappa shape index (κ1) is 27.6. The normalized spacial score (nSPS) is 10.6. The molecule has 0 unspecified atom stereocenters. The highest BCUT2D eigenvalue weighted by Gasteiger charge is 2.28. The van der Waals surface area contributed by atoms with Crippen LogP contribution in [0.3, 0.4) is 0 Å². The third kappa shape index (κ3) is 7.28. The monoisotopic (exact) mass is 497 g/mol. The Kier molecular flexibility index (Phi) is 10.4. The lowest BCUT2D eigenvalue weighted by Crippen LogP contribution is -2.35. The van der Waals surface area contributed by atoms with Crippen LogP contribution in [0.4, 0.5) is 5.69 Å². The summed E-state index contributed by atoms with van der Waals surface area (Å²) in [5.41, 5.74) is 5.17. The largest absolute Gasteiger partial charge is 0.466 e. The first-order valence-electron chi connectivity index (χ1n) is 13.1. The third-order valence-corrected chi connectivity index (χ3v) is 6.62. The number of carbonyl (C=O) groups excluding carboxylic acids is 2. The van der Waals surface area contributed by atoms with E-state index in [4.69, 9.17) is 4.74 Å². The maximum Gasteiger partial charge on any atom is 0.342 e. The number of carbonyl (C=O) groups is 2. The summed E-state index contributed by atoms with van der Waals surface area (Å²) in [6.07, 6.45) is 2.37. The van der Waals surface area contributed by atoms with Gasteiger partial charge in [-0.1, -0.05) is 86.0 Å². The number of hydrogen-bond donors (Lipinski definition) is 0. The SMILES string of the molecule is C=[N+]=C(c1ccccc1)c1cc(-c2ccccc2)ccc1N(CCC(=O)OCC)C(=O)CC(CC)CC. The molecule has 5 nitrogen and oxygen atoms in total. The number of amides is 1. The molecule has 0 atom stereocenters. The zero-order valence-corrected chi connectivity index (χ0v) is 22.2. The summed E-state index contributed by atoms with van der Waals surface area (Å²) >= 11 is 0. The van der Waals surface area contributed by atoms with E-state index < -0.39 is 0 Å². The van der Waals surface area contributed by atoms with Crippen molar-refractivity contribution in [1.29, 1.82) is 0 Å². The van der Waals surface area contributed by atoms with Gasteiger partial charge in [0.1, 0.15) is 0 Å². The highest BCUT2D eigenvalue weighted by Crippen LogP contribution is 2.31. The van der Waals surface area contributed by atoms with Gasteiger partial charge in [-0.2, -0.15) is 0 Å². The van der Waals surface area contributed by atoms with Crippen molar-refractivity contribution in [2.75, 3.05) is 18.1 Å². The second-order valence-corrected chi connectivity index (χ2v) is 8.96. The number of esters is 1. The van der Waals surface area contributed by atoms with E-state index in [-0.39, 0.29) is 30.8 Å². The van der Waals surface area contributed by atoms with Crippen LogP contribution in [0, 0.1) is 5.92 Å². The maximum absolute atomic E-state index is 13.7. The maximum atomic E-state index is 13.7. The van der Waals surface area contributed by atoms with Crippen molar-refractivity contribution in [1.82, 2.24) is 4.67 Å². The molecule has 0 aromatic heterocycles. The molecule has 0 spiro atoms. The standard InChI is InChI=1S/C32H37N2O3/c1-5-24(6-2)22-30(35)34(21-20-31(36)37-7-3)29-19-18-27(25-14-10-8-11-15-25)23-28(29)32(33-4)26-16-12-9-13-17-26/h8-19,23-24H,4-7,20-22H2,1-3H3/q+1. The van der Waals surface area contributed by atoms with Gasteiger partial charge in [-0.3, -0.25) is 9.59 Å². The van der Waals surface area contributed by atoms with Crippen LogP contribution in [-0.2, 0) is 14.3 Å². The van der Waals surface area contributed by atoms with E-state index in [2.05, 4.69) is 43.4 Å². The molecule has 0 saturated carbocycles. The molecule has 0 N–H and O–H groups in total. The van der Waals surface area contributed by atoms with Gasteiger partial charge in [-0.05, 0) is 48.2 Å². The Hall–Kier alpha value is -3.95. The minimum atomic E-state index is -0.320. The molecule has 1 amide bonds. The Morgan fingerprint density at radius 3 is 2.14 bits per heavy atom. The third-order valence-electron chi connectivity index (χ3n) is 6.62.